The van der Waals surface area contributed by atoms with E-state index < -0.39 is 5.97 Å². The first-order valence-electron chi connectivity index (χ1n) is 4.26. The summed E-state index contributed by atoms with van der Waals surface area (Å²) >= 11 is 5.52. The predicted molar refractivity (Wildman–Crippen MR) is 52.2 cm³/mol. The smallest absolute Gasteiger partial charge is 0.303 e. The van der Waals surface area contributed by atoms with Crippen molar-refractivity contribution in [3.05, 3.63) is 23.2 Å². The first-order chi connectivity index (χ1) is 6.58. The van der Waals surface area contributed by atoms with Gasteiger partial charge in [0.2, 0.25) is 5.28 Å². The van der Waals surface area contributed by atoms with Crippen molar-refractivity contribution < 1.29 is 9.90 Å². The lowest BCUT2D eigenvalue weighted by atomic mass is 10.0. The van der Waals surface area contributed by atoms with Gasteiger partial charge in [-0.25, -0.2) is 9.97 Å². The Balaban J connectivity index is 2.51. The number of carboxylic acid groups (broad SMARTS) is 1. The molecule has 0 spiro atoms. The van der Waals surface area contributed by atoms with Gasteiger partial charge in [0.25, 0.3) is 0 Å². The van der Waals surface area contributed by atoms with Gasteiger partial charge in [-0.15, -0.1) is 0 Å². The van der Waals surface area contributed by atoms with Gasteiger partial charge in [0.05, 0.1) is 0 Å². The van der Waals surface area contributed by atoms with Gasteiger partial charge in [-0.05, 0) is 29.5 Å². The van der Waals surface area contributed by atoms with Gasteiger partial charge < -0.3 is 5.11 Å². The maximum absolute atomic E-state index is 10.4. The average Bonchev–Trinajstić information content (AvgIpc) is 2.07. The lowest BCUT2D eigenvalue weighted by molar-refractivity contribution is -0.137. The summed E-state index contributed by atoms with van der Waals surface area (Å²) in [7, 11) is 0. The third kappa shape index (κ3) is 3.70. The maximum atomic E-state index is 10.4. The Morgan fingerprint density at radius 1 is 1.57 bits per heavy atom. The number of aromatic nitrogens is 2. The summed E-state index contributed by atoms with van der Waals surface area (Å²) in [6.45, 7) is 1.88. The molecule has 76 valence electrons. The zero-order valence-corrected chi connectivity index (χ0v) is 8.53. The highest BCUT2D eigenvalue weighted by molar-refractivity contribution is 6.28. The molecule has 14 heavy (non-hydrogen) atoms. The Kier molecular flexibility index (Phi) is 3.83. The van der Waals surface area contributed by atoms with Crippen LogP contribution in [0.1, 0.15) is 18.9 Å². The minimum atomic E-state index is -0.785. The van der Waals surface area contributed by atoms with Crippen LogP contribution in [-0.4, -0.2) is 21.0 Å². The molecule has 1 aromatic heterocycles. The molecule has 1 rings (SSSR count). The Morgan fingerprint density at radius 2 is 2.14 bits per heavy atom. The molecule has 5 heteroatoms. The topological polar surface area (TPSA) is 63.1 Å². The molecule has 0 amide bonds. The number of aliphatic carboxylic acids is 1. The second-order valence-electron chi connectivity index (χ2n) is 3.27. The molecule has 0 aromatic carbocycles. The fraction of sp³-hybridized carbons (Fsp3) is 0.444. The van der Waals surface area contributed by atoms with Crippen molar-refractivity contribution in [3.63, 3.8) is 0 Å². The Labute approximate surface area is 87.0 Å². The van der Waals surface area contributed by atoms with Gasteiger partial charge >= 0.3 is 5.97 Å². The molecule has 1 atom stereocenters. The fourth-order valence-electron chi connectivity index (χ4n) is 1.22. The van der Waals surface area contributed by atoms with Crippen molar-refractivity contribution in [2.45, 2.75) is 19.8 Å². The Bertz CT molecular complexity index is 313. The molecular weight excluding hydrogens is 204 g/mol. The van der Waals surface area contributed by atoms with Crippen LogP contribution in [0, 0.1) is 5.92 Å². The van der Waals surface area contributed by atoms with Crippen LogP contribution in [0.4, 0.5) is 0 Å². The van der Waals surface area contributed by atoms with Crippen LogP contribution in [0.3, 0.4) is 0 Å². The number of rotatable bonds is 4. The second kappa shape index (κ2) is 4.91. The monoisotopic (exact) mass is 214 g/mol. The van der Waals surface area contributed by atoms with Crippen molar-refractivity contribution in [2.75, 3.05) is 0 Å². The fourth-order valence-corrected chi connectivity index (χ4v) is 1.31. The molecular formula is C9H11ClN2O2. The van der Waals surface area contributed by atoms with Gasteiger partial charge in [-0.1, -0.05) is 6.92 Å². The highest BCUT2D eigenvalue weighted by Crippen LogP contribution is 2.11. The summed E-state index contributed by atoms with van der Waals surface area (Å²) in [6.07, 6.45) is 4.05. The largest absolute Gasteiger partial charge is 0.481 e. The molecule has 0 saturated carbocycles. The van der Waals surface area contributed by atoms with E-state index in [9.17, 15) is 4.79 Å². The van der Waals surface area contributed by atoms with Gasteiger partial charge in [-0.2, -0.15) is 0 Å². The number of nitrogens with zero attached hydrogens (tertiary/aromatic N) is 2. The van der Waals surface area contributed by atoms with Crippen molar-refractivity contribution in [3.8, 4) is 0 Å². The van der Waals surface area contributed by atoms with Gasteiger partial charge in [0.15, 0.2) is 0 Å². The van der Waals surface area contributed by atoms with E-state index in [1.807, 2.05) is 6.92 Å². The van der Waals surface area contributed by atoms with E-state index in [0.29, 0.717) is 6.42 Å². The highest BCUT2D eigenvalue weighted by atomic mass is 35.5. The molecule has 1 N–H and O–H groups in total. The molecule has 4 nitrogen and oxygen atoms in total. The average molecular weight is 215 g/mol. The molecule has 0 fully saturated rings. The Hall–Kier alpha value is -1.16. The molecule has 0 saturated heterocycles. The zero-order valence-electron chi connectivity index (χ0n) is 7.77. The summed E-state index contributed by atoms with van der Waals surface area (Å²) in [5.74, 6) is -0.704. The lowest BCUT2D eigenvalue weighted by Gasteiger charge is -2.07. The van der Waals surface area contributed by atoms with E-state index in [-0.39, 0.29) is 17.6 Å². The number of hydrogen-bond donors (Lipinski definition) is 1. The SMILES string of the molecule is CC(CC(=O)O)Cc1cnc(Cl)nc1. The van der Waals surface area contributed by atoms with Crippen LogP contribution in [-0.2, 0) is 11.2 Å². The molecule has 0 aliphatic rings. The second-order valence-corrected chi connectivity index (χ2v) is 3.61. The lowest BCUT2D eigenvalue weighted by Crippen LogP contribution is -2.07. The first kappa shape index (κ1) is 10.9. The van der Waals surface area contributed by atoms with Gasteiger partial charge in [0.1, 0.15) is 0 Å². The highest BCUT2D eigenvalue weighted by Gasteiger charge is 2.08. The normalized spacial score (nSPS) is 12.4. The van der Waals surface area contributed by atoms with E-state index in [1.165, 1.54) is 0 Å². The van der Waals surface area contributed by atoms with E-state index in [2.05, 4.69) is 9.97 Å². The molecule has 0 bridgehead atoms. The van der Waals surface area contributed by atoms with Crippen LogP contribution in [0.15, 0.2) is 12.4 Å². The summed E-state index contributed by atoms with van der Waals surface area (Å²) in [6, 6.07) is 0. The molecule has 1 heterocycles. The summed E-state index contributed by atoms with van der Waals surface area (Å²) < 4.78 is 0. The number of carboxylic acids is 1. The van der Waals surface area contributed by atoms with Crippen LogP contribution in [0.2, 0.25) is 5.28 Å². The van der Waals surface area contributed by atoms with E-state index in [1.54, 1.807) is 12.4 Å². The Morgan fingerprint density at radius 3 is 2.64 bits per heavy atom. The maximum Gasteiger partial charge on any atom is 0.303 e. The molecule has 0 aliphatic carbocycles. The quantitative estimate of drug-likeness (QED) is 0.777. The standard InChI is InChI=1S/C9H11ClN2O2/c1-6(3-8(13)14)2-7-4-11-9(10)12-5-7/h4-6H,2-3H2,1H3,(H,13,14). The van der Waals surface area contributed by atoms with E-state index in [4.69, 9.17) is 16.7 Å². The molecule has 0 aliphatic heterocycles. The first-order valence-corrected chi connectivity index (χ1v) is 4.64. The van der Waals surface area contributed by atoms with Gasteiger partial charge in [0, 0.05) is 18.8 Å². The minimum Gasteiger partial charge on any atom is -0.481 e. The molecule has 0 radical (unpaired) electrons. The van der Waals surface area contributed by atoms with E-state index >= 15 is 0 Å². The van der Waals surface area contributed by atoms with Crippen LogP contribution in [0.5, 0.6) is 0 Å². The van der Waals surface area contributed by atoms with Crippen LogP contribution < -0.4 is 0 Å². The summed E-state index contributed by atoms with van der Waals surface area (Å²) in [4.78, 5) is 18.0. The molecule has 1 unspecified atom stereocenters. The van der Waals surface area contributed by atoms with Crippen LogP contribution in [0.25, 0.3) is 0 Å². The number of halogens is 1. The summed E-state index contributed by atoms with van der Waals surface area (Å²) in [5.41, 5.74) is 0.906. The van der Waals surface area contributed by atoms with Crippen molar-refractivity contribution in [1.82, 2.24) is 9.97 Å². The van der Waals surface area contributed by atoms with Crippen LogP contribution >= 0.6 is 11.6 Å². The van der Waals surface area contributed by atoms with Crippen molar-refractivity contribution in [1.29, 1.82) is 0 Å². The minimum absolute atomic E-state index is 0.0808. The predicted octanol–water partition coefficient (Wildman–Crippen LogP) is 1.78. The third-order valence-electron chi connectivity index (χ3n) is 1.78. The van der Waals surface area contributed by atoms with Crippen molar-refractivity contribution in [2.24, 2.45) is 5.92 Å². The van der Waals surface area contributed by atoms with E-state index in [0.717, 1.165) is 5.56 Å². The van der Waals surface area contributed by atoms with Crippen molar-refractivity contribution >= 4 is 17.6 Å². The number of hydrogen-bond acceptors (Lipinski definition) is 3. The zero-order chi connectivity index (χ0) is 10.6. The van der Waals surface area contributed by atoms with Gasteiger partial charge in [-0.3, -0.25) is 4.79 Å². The number of carbonyl (C=O) groups is 1. The third-order valence-corrected chi connectivity index (χ3v) is 1.98. The molecule has 1 aromatic rings. The summed E-state index contributed by atoms with van der Waals surface area (Å²) in [5, 5.41) is 8.76.